The van der Waals surface area contributed by atoms with Gasteiger partial charge in [-0.25, -0.2) is 4.98 Å². The molecule has 0 fully saturated rings. The van der Waals surface area contributed by atoms with E-state index in [1.807, 2.05) is 24.3 Å². The first-order chi connectivity index (χ1) is 14.2. The van der Waals surface area contributed by atoms with Crippen LogP contribution in [-0.2, 0) is 21.6 Å². The highest BCUT2D eigenvalue weighted by Gasteiger charge is 2.15. The summed E-state index contributed by atoms with van der Waals surface area (Å²) < 4.78 is 10.7. The quantitative estimate of drug-likeness (QED) is 0.574. The fourth-order valence-corrected chi connectivity index (χ4v) is 2.82. The van der Waals surface area contributed by atoms with E-state index < -0.39 is 5.97 Å². The van der Waals surface area contributed by atoms with Crippen molar-refractivity contribution < 1.29 is 18.7 Å². The second-order valence-corrected chi connectivity index (χ2v) is 8.23. The van der Waals surface area contributed by atoms with E-state index >= 15 is 0 Å². The Balaban J connectivity index is 1.47. The number of rotatable bonds is 6. The molecule has 0 atom stereocenters. The van der Waals surface area contributed by atoms with Crippen LogP contribution in [0.25, 0.3) is 11.3 Å². The lowest BCUT2D eigenvalue weighted by Gasteiger charge is -2.19. The van der Waals surface area contributed by atoms with Gasteiger partial charge in [0.05, 0.1) is 6.20 Å². The van der Waals surface area contributed by atoms with Crippen molar-refractivity contribution in [3.63, 3.8) is 0 Å². The minimum absolute atomic E-state index is 0.00607. The molecular formula is C23H23ClN2O4. The summed E-state index contributed by atoms with van der Waals surface area (Å²) in [5, 5.41) is 3.18. The van der Waals surface area contributed by atoms with E-state index in [0.717, 1.165) is 11.1 Å². The second kappa shape index (κ2) is 9.13. The highest BCUT2D eigenvalue weighted by molar-refractivity contribution is 6.30. The molecule has 0 unspecified atom stereocenters. The number of carbonyl (C=O) groups excluding carboxylic acids is 2. The molecule has 156 valence electrons. The van der Waals surface area contributed by atoms with Gasteiger partial charge in [0.25, 0.3) is 5.91 Å². The Kier molecular flexibility index (Phi) is 6.57. The fourth-order valence-electron chi connectivity index (χ4n) is 2.69. The summed E-state index contributed by atoms with van der Waals surface area (Å²) in [6, 6.07) is 14.4. The van der Waals surface area contributed by atoms with Gasteiger partial charge >= 0.3 is 5.97 Å². The number of carbonyl (C=O) groups is 2. The highest BCUT2D eigenvalue weighted by atomic mass is 35.5. The molecule has 1 heterocycles. The molecular weight excluding hydrogens is 404 g/mol. The molecule has 2 aromatic carbocycles. The van der Waals surface area contributed by atoms with E-state index in [-0.39, 0.29) is 30.4 Å². The summed E-state index contributed by atoms with van der Waals surface area (Å²) in [6.45, 7) is 5.94. The molecule has 0 saturated carbocycles. The molecule has 0 radical (unpaired) electrons. The van der Waals surface area contributed by atoms with Gasteiger partial charge in [-0.3, -0.25) is 9.59 Å². The van der Waals surface area contributed by atoms with Crippen molar-refractivity contribution in [1.29, 1.82) is 0 Å². The summed E-state index contributed by atoms with van der Waals surface area (Å²) in [5.41, 5.74) is 2.43. The Hall–Kier alpha value is -3.12. The van der Waals surface area contributed by atoms with Gasteiger partial charge in [0.2, 0.25) is 5.89 Å². The Labute approximate surface area is 180 Å². The number of hydrogen-bond acceptors (Lipinski definition) is 5. The van der Waals surface area contributed by atoms with Gasteiger partial charge in [-0.15, -0.1) is 0 Å². The predicted molar refractivity (Wildman–Crippen MR) is 114 cm³/mol. The molecule has 1 aromatic heterocycles. The average Bonchev–Trinajstić information content (AvgIpc) is 3.19. The molecule has 3 aromatic rings. The molecule has 3 rings (SSSR count). The molecule has 0 aliphatic rings. The van der Waals surface area contributed by atoms with Crippen LogP contribution in [0.5, 0.6) is 0 Å². The second-order valence-electron chi connectivity index (χ2n) is 7.80. The number of ether oxygens (including phenoxy) is 1. The average molecular weight is 427 g/mol. The topological polar surface area (TPSA) is 81.4 Å². The number of oxazole rings is 1. The van der Waals surface area contributed by atoms with Crippen molar-refractivity contribution in [2.45, 2.75) is 32.8 Å². The Morgan fingerprint density at radius 1 is 1.07 bits per heavy atom. The van der Waals surface area contributed by atoms with Crippen molar-refractivity contribution in [1.82, 2.24) is 10.3 Å². The predicted octanol–water partition coefficient (Wildman–Crippen LogP) is 4.77. The number of benzene rings is 2. The smallest absolute Gasteiger partial charge is 0.325 e. The Morgan fingerprint density at radius 2 is 1.73 bits per heavy atom. The van der Waals surface area contributed by atoms with Gasteiger partial charge in [0.1, 0.15) is 6.54 Å². The lowest BCUT2D eigenvalue weighted by atomic mass is 9.87. The third-order valence-corrected chi connectivity index (χ3v) is 4.70. The zero-order valence-electron chi connectivity index (χ0n) is 17.1. The molecule has 0 bridgehead atoms. The van der Waals surface area contributed by atoms with Crippen molar-refractivity contribution in [3.05, 3.63) is 76.8 Å². The minimum atomic E-state index is -0.582. The van der Waals surface area contributed by atoms with Gasteiger partial charge in [-0.05, 0) is 47.4 Å². The van der Waals surface area contributed by atoms with Crippen LogP contribution in [-0.4, -0.2) is 23.4 Å². The maximum atomic E-state index is 12.2. The van der Waals surface area contributed by atoms with Crippen LogP contribution < -0.4 is 5.32 Å². The van der Waals surface area contributed by atoms with Crippen LogP contribution in [0.1, 0.15) is 42.6 Å². The van der Waals surface area contributed by atoms with Crippen molar-refractivity contribution >= 4 is 23.5 Å². The van der Waals surface area contributed by atoms with Crippen LogP contribution in [0, 0.1) is 0 Å². The third-order valence-electron chi connectivity index (χ3n) is 4.45. The molecule has 7 heteroatoms. The van der Waals surface area contributed by atoms with Crippen molar-refractivity contribution in [2.24, 2.45) is 0 Å². The molecule has 6 nitrogen and oxygen atoms in total. The Bertz CT molecular complexity index is 1020. The van der Waals surface area contributed by atoms with Gasteiger partial charge < -0.3 is 14.5 Å². The first-order valence-electron chi connectivity index (χ1n) is 9.47. The molecule has 0 spiro atoms. The van der Waals surface area contributed by atoms with E-state index in [1.165, 1.54) is 0 Å². The standard InChI is InChI=1S/C23H23ClN2O4/c1-23(2,3)17-8-4-16(5-9-17)22(28)26-13-21(27)29-14-20-25-12-19(30-20)15-6-10-18(24)11-7-15/h4-12H,13-14H2,1-3H3,(H,26,28). The summed E-state index contributed by atoms with van der Waals surface area (Å²) >= 11 is 5.87. The largest absolute Gasteiger partial charge is 0.454 e. The number of halogens is 1. The fraction of sp³-hybridized carbons (Fsp3) is 0.261. The zero-order chi connectivity index (χ0) is 21.7. The molecule has 0 saturated heterocycles. The molecule has 30 heavy (non-hydrogen) atoms. The van der Waals surface area contributed by atoms with Gasteiger partial charge in [-0.2, -0.15) is 0 Å². The molecule has 0 aliphatic heterocycles. The maximum absolute atomic E-state index is 12.2. The van der Waals surface area contributed by atoms with Crippen LogP contribution in [0.4, 0.5) is 0 Å². The zero-order valence-corrected chi connectivity index (χ0v) is 17.8. The normalized spacial score (nSPS) is 11.2. The maximum Gasteiger partial charge on any atom is 0.325 e. The number of aromatic nitrogens is 1. The first kappa shape index (κ1) is 21.6. The lowest BCUT2D eigenvalue weighted by molar-refractivity contribution is -0.144. The van der Waals surface area contributed by atoms with Gasteiger partial charge in [-0.1, -0.05) is 44.5 Å². The summed E-state index contributed by atoms with van der Waals surface area (Å²) in [7, 11) is 0. The lowest BCUT2D eigenvalue weighted by Crippen LogP contribution is -2.30. The summed E-state index contributed by atoms with van der Waals surface area (Å²) in [4.78, 5) is 28.2. The summed E-state index contributed by atoms with van der Waals surface area (Å²) in [5.74, 6) is -0.114. The van der Waals surface area contributed by atoms with Crippen LogP contribution >= 0.6 is 11.6 Å². The highest BCUT2D eigenvalue weighted by Crippen LogP contribution is 2.23. The minimum Gasteiger partial charge on any atom is -0.454 e. The molecule has 1 N–H and O–H groups in total. The van der Waals surface area contributed by atoms with E-state index in [4.69, 9.17) is 20.8 Å². The Morgan fingerprint density at radius 3 is 2.37 bits per heavy atom. The first-order valence-corrected chi connectivity index (χ1v) is 9.85. The van der Waals surface area contributed by atoms with Crippen molar-refractivity contribution in [2.75, 3.05) is 6.54 Å². The van der Waals surface area contributed by atoms with E-state index in [2.05, 4.69) is 31.1 Å². The van der Waals surface area contributed by atoms with Crippen LogP contribution in [0.2, 0.25) is 5.02 Å². The summed E-state index contributed by atoms with van der Waals surface area (Å²) in [6.07, 6.45) is 1.55. The number of esters is 1. The number of amides is 1. The van der Waals surface area contributed by atoms with E-state index in [1.54, 1.807) is 30.5 Å². The SMILES string of the molecule is CC(C)(C)c1ccc(C(=O)NCC(=O)OCc2ncc(-c3ccc(Cl)cc3)o2)cc1. The van der Waals surface area contributed by atoms with Gasteiger partial charge in [0.15, 0.2) is 12.4 Å². The van der Waals surface area contributed by atoms with E-state index in [0.29, 0.717) is 16.3 Å². The number of nitrogens with zero attached hydrogens (tertiary/aromatic N) is 1. The number of hydrogen-bond donors (Lipinski definition) is 1. The molecule has 0 aliphatic carbocycles. The molecule has 1 amide bonds. The van der Waals surface area contributed by atoms with Crippen LogP contribution in [0.3, 0.4) is 0 Å². The van der Waals surface area contributed by atoms with Crippen molar-refractivity contribution in [3.8, 4) is 11.3 Å². The number of nitrogens with one attached hydrogen (secondary N) is 1. The van der Waals surface area contributed by atoms with Gasteiger partial charge in [0, 0.05) is 16.1 Å². The third kappa shape index (κ3) is 5.70. The van der Waals surface area contributed by atoms with E-state index in [9.17, 15) is 9.59 Å². The van der Waals surface area contributed by atoms with Crippen LogP contribution in [0.15, 0.2) is 59.1 Å². The monoisotopic (exact) mass is 426 g/mol.